The molecule has 2 atom stereocenters. The average molecular weight is 605 g/mol. The van der Waals surface area contributed by atoms with Gasteiger partial charge in [0.2, 0.25) is 0 Å². The third-order valence-electron chi connectivity index (χ3n) is 11.2. The van der Waals surface area contributed by atoms with Crippen molar-refractivity contribution in [3.63, 3.8) is 0 Å². The van der Waals surface area contributed by atoms with Crippen LogP contribution in [0.5, 0.6) is 0 Å². The maximum absolute atomic E-state index is 12.0. The van der Waals surface area contributed by atoms with E-state index < -0.39 is 0 Å². The number of hydrogen-bond acceptors (Lipinski definition) is 3. The van der Waals surface area contributed by atoms with Crippen molar-refractivity contribution in [1.29, 1.82) is 0 Å². The molecule has 0 saturated carbocycles. The van der Waals surface area contributed by atoms with Crippen LogP contribution < -0.4 is 0 Å². The van der Waals surface area contributed by atoms with Crippen LogP contribution in [0.15, 0.2) is 0 Å². The molecule has 0 N–H and O–H groups in total. The number of cyclic esters (lactones) is 1. The van der Waals surface area contributed by atoms with Crippen LogP contribution in [0.3, 0.4) is 0 Å². The summed E-state index contributed by atoms with van der Waals surface area (Å²) in [6.07, 6.45) is 42.3. The fourth-order valence-electron chi connectivity index (χ4n) is 7.58. The van der Waals surface area contributed by atoms with E-state index in [0.29, 0.717) is 19.1 Å². The smallest absolute Gasteiger partial charge is 0.305 e. The molecule has 43 heavy (non-hydrogen) atoms. The van der Waals surface area contributed by atoms with Crippen LogP contribution in [-0.2, 0) is 14.3 Å². The summed E-state index contributed by atoms with van der Waals surface area (Å²) in [4.78, 5) is 12.0. The lowest BCUT2D eigenvalue weighted by molar-refractivity contribution is -0.180. The van der Waals surface area contributed by atoms with Crippen molar-refractivity contribution >= 4 is 5.97 Å². The van der Waals surface area contributed by atoms with Crippen molar-refractivity contribution in [2.24, 2.45) is 5.41 Å². The van der Waals surface area contributed by atoms with E-state index in [1.54, 1.807) is 0 Å². The lowest BCUT2D eigenvalue weighted by Gasteiger charge is -2.49. The summed E-state index contributed by atoms with van der Waals surface area (Å²) in [7, 11) is 0. The quantitative estimate of drug-likeness (QED) is 0.258. The molecule has 2 aliphatic heterocycles. The number of hydrogen-bond donors (Lipinski definition) is 0. The first kappa shape index (κ1) is 38.6. The van der Waals surface area contributed by atoms with Gasteiger partial charge in [-0.2, -0.15) is 0 Å². The molecule has 0 radical (unpaired) electrons. The maximum atomic E-state index is 12.0. The molecular weight excluding hydrogens is 528 g/mol. The predicted molar refractivity (Wildman–Crippen MR) is 186 cm³/mol. The molecule has 0 amide bonds. The average Bonchev–Trinajstić information content (AvgIpc) is 2.98. The highest BCUT2D eigenvalue weighted by Gasteiger charge is 2.44. The van der Waals surface area contributed by atoms with Gasteiger partial charge >= 0.3 is 5.97 Å². The predicted octanol–water partition coefficient (Wildman–Crippen LogP) is 13.2. The van der Waals surface area contributed by atoms with E-state index in [2.05, 4.69) is 20.8 Å². The molecule has 254 valence electrons. The number of rotatable bonds is 0. The van der Waals surface area contributed by atoms with Crippen LogP contribution in [0.1, 0.15) is 226 Å². The molecule has 0 aromatic heterocycles. The van der Waals surface area contributed by atoms with Gasteiger partial charge in [-0.15, -0.1) is 0 Å². The molecule has 2 fully saturated rings. The van der Waals surface area contributed by atoms with Gasteiger partial charge in [0.05, 0.1) is 18.3 Å². The van der Waals surface area contributed by atoms with Gasteiger partial charge in [0.25, 0.3) is 0 Å². The highest BCUT2D eigenvalue weighted by Crippen LogP contribution is 2.46. The Bertz CT molecular complexity index is 658. The summed E-state index contributed by atoms with van der Waals surface area (Å²) in [6.45, 7) is 7.99. The minimum absolute atomic E-state index is 0.0211. The number of carbonyl (C=O) groups excluding carboxylic acids is 1. The highest BCUT2D eigenvalue weighted by atomic mass is 16.5. The van der Waals surface area contributed by atoms with E-state index in [0.717, 1.165) is 12.8 Å². The number of carbonyl (C=O) groups is 1. The van der Waals surface area contributed by atoms with Crippen LogP contribution in [0.25, 0.3) is 0 Å². The van der Waals surface area contributed by atoms with Crippen molar-refractivity contribution in [3.05, 3.63) is 0 Å². The molecule has 2 bridgehead atoms. The summed E-state index contributed by atoms with van der Waals surface area (Å²) in [5.74, 6) is 0.0211. The van der Waals surface area contributed by atoms with Crippen molar-refractivity contribution in [2.75, 3.05) is 6.61 Å². The molecule has 2 aliphatic rings. The van der Waals surface area contributed by atoms with Crippen molar-refractivity contribution in [2.45, 2.75) is 238 Å². The van der Waals surface area contributed by atoms with E-state index in [9.17, 15) is 4.79 Å². The van der Waals surface area contributed by atoms with Gasteiger partial charge in [0.15, 0.2) is 0 Å². The Morgan fingerprint density at radius 3 is 1.37 bits per heavy atom. The molecule has 0 aliphatic carbocycles. The zero-order valence-corrected chi connectivity index (χ0v) is 29.6. The largest absolute Gasteiger partial charge is 0.466 e. The van der Waals surface area contributed by atoms with Gasteiger partial charge in [-0.05, 0) is 57.3 Å². The van der Waals surface area contributed by atoms with E-state index in [-0.39, 0.29) is 17.0 Å². The summed E-state index contributed by atoms with van der Waals surface area (Å²) in [6, 6.07) is 0. The Morgan fingerprint density at radius 2 is 0.860 bits per heavy atom. The standard InChI is InChI=1S/C40H76O3/c1-39(2)34-28-24-20-16-15-19-23-27-33-38(41)42-36-29-25-21-17-13-11-9-7-5-4-6-8-10-12-14-18-22-26-31-37-32-30-35-40(39,3)43-37/h37H,4-36H2,1-3H3. The molecule has 0 aromatic rings. The SMILES string of the molecule is CC1(C)CCCCCCCCCCC(=O)OCCCCCCCCCCCCCCCCCCCCC2CCCC1(C)O2. The number of esters is 1. The minimum atomic E-state index is 0.0211. The molecule has 2 heterocycles. The fraction of sp³-hybridized carbons (Fsp3) is 0.975. The summed E-state index contributed by atoms with van der Waals surface area (Å²) < 4.78 is 12.4. The van der Waals surface area contributed by atoms with Crippen molar-refractivity contribution in [1.82, 2.24) is 0 Å². The molecule has 2 unspecified atom stereocenters. The Hall–Kier alpha value is -0.570. The van der Waals surface area contributed by atoms with Crippen molar-refractivity contribution in [3.8, 4) is 0 Å². The Morgan fingerprint density at radius 1 is 0.465 bits per heavy atom. The first-order valence-corrected chi connectivity index (χ1v) is 19.8. The maximum Gasteiger partial charge on any atom is 0.305 e. The van der Waals surface area contributed by atoms with Crippen LogP contribution >= 0.6 is 0 Å². The Kier molecular flexibility index (Phi) is 22.1. The van der Waals surface area contributed by atoms with E-state index in [1.165, 1.54) is 186 Å². The molecule has 0 spiro atoms. The van der Waals surface area contributed by atoms with Gasteiger partial charge in [0, 0.05) is 6.42 Å². The molecule has 0 aromatic carbocycles. The lowest BCUT2D eigenvalue weighted by Crippen LogP contribution is -2.49. The monoisotopic (exact) mass is 605 g/mol. The van der Waals surface area contributed by atoms with Gasteiger partial charge in [-0.3, -0.25) is 4.79 Å². The minimum Gasteiger partial charge on any atom is -0.466 e. The Labute approximate surface area is 269 Å². The molecule has 3 nitrogen and oxygen atoms in total. The van der Waals surface area contributed by atoms with Gasteiger partial charge in [-0.1, -0.05) is 168 Å². The van der Waals surface area contributed by atoms with E-state index in [1.807, 2.05) is 0 Å². The summed E-state index contributed by atoms with van der Waals surface area (Å²) >= 11 is 0. The van der Waals surface area contributed by atoms with Gasteiger partial charge in [-0.25, -0.2) is 0 Å². The van der Waals surface area contributed by atoms with Crippen LogP contribution in [0.4, 0.5) is 0 Å². The summed E-state index contributed by atoms with van der Waals surface area (Å²) in [5, 5.41) is 0. The second kappa shape index (κ2) is 24.6. The highest BCUT2D eigenvalue weighted by molar-refractivity contribution is 5.69. The normalized spacial score (nSPS) is 29.7. The lowest BCUT2D eigenvalue weighted by atomic mass is 9.68. The first-order chi connectivity index (χ1) is 20.9. The third-order valence-corrected chi connectivity index (χ3v) is 11.2. The van der Waals surface area contributed by atoms with E-state index >= 15 is 0 Å². The van der Waals surface area contributed by atoms with Crippen molar-refractivity contribution < 1.29 is 14.3 Å². The topological polar surface area (TPSA) is 35.5 Å². The molecule has 2 saturated heterocycles. The first-order valence-electron chi connectivity index (χ1n) is 19.8. The number of fused-ring (bicyclic) bond motifs is 2. The third kappa shape index (κ3) is 18.9. The second-order valence-electron chi connectivity index (χ2n) is 15.4. The van der Waals surface area contributed by atoms with Gasteiger partial charge in [0.1, 0.15) is 0 Å². The van der Waals surface area contributed by atoms with Crippen LogP contribution in [0.2, 0.25) is 0 Å². The zero-order valence-electron chi connectivity index (χ0n) is 29.6. The van der Waals surface area contributed by atoms with E-state index in [4.69, 9.17) is 9.47 Å². The summed E-state index contributed by atoms with van der Waals surface area (Å²) in [5.41, 5.74) is 0.280. The second-order valence-corrected chi connectivity index (χ2v) is 15.4. The molecule has 2 rings (SSSR count). The van der Waals surface area contributed by atoms with Gasteiger partial charge < -0.3 is 9.47 Å². The zero-order chi connectivity index (χ0) is 30.9. The molecular formula is C40H76O3. The van der Waals surface area contributed by atoms with Crippen LogP contribution in [0, 0.1) is 5.41 Å². The van der Waals surface area contributed by atoms with Crippen LogP contribution in [-0.4, -0.2) is 24.3 Å². The number of ether oxygens (including phenoxy) is 2. The molecule has 3 heteroatoms. The Balaban J connectivity index is 1.66. The fourth-order valence-corrected chi connectivity index (χ4v) is 7.58.